The molecule has 1 aliphatic heterocycles. The smallest absolute Gasteiger partial charge is 0.271 e. The number of carbonyl (C=O) groups is 1. The minimum Gasteiger partial charge on any atom is -0.307 e. The van der Waals surface area contributed by atoms with E-state index in [9.17, 15) is 23.7 Å². The molecular formula is C15H9ClF2N2O3. The van der Waals surface area contributed by atoms with Crippen LogP contribution in [0, 0.1) is 21.7 Å². The fourth-order valence-electron chi connectivity index (χ4n) is 2.52. The van der Waals surface area contributed by atoms with Crippen molar-refractivity contribution >= 4 is 28.9 Å². The summed E-state index contributed by atoms with van der Waals surface area (Å²) in [5.74, 6) is -2.96. The van der Waals surface area contributed by atoms with Gasteiger partial charge in [0.2, 0.25) is 0 Å². The molecule has 1 amide bonds. The molecule has 0 aliphatic carbocycles. The molecule has 0 unspecified atom stereocenters. The van der Waals surface area contributed by atoms with Crippen molar-refractivity contribution in [1.82, 2.24) is 0 Å². The maximum absolute atomic E-state index is 13.4. The molecule has 3 rings (SSSR count). The number of nitrogens with zero attached hydrogens (tertiary/aromatic N) is 2. The Hall–Kier alpha value is -2.54. The van der Waals surface area contributed by atoms with Gasteiger partial charge in [0, 0.05) is 18.7 Å². The highest BCUT2D eigenvalue weighted by molar-refractivity contribution is 6.34. The second-order valence-electron chi connectivity index (χ2n) is 5.02. The van der Waals surface area contributed by atoms with Gasteiger partial charge in [-0.1, -0.05) is 17.7 Å². The lowest BCUT2D eigenvalue weighted by atomic mass is 10.1. The van der Waals surface area contributed by atoms with E-state index in [0.717, 1.165) is 17.7 Å². The van der Waals surface area contributed by atoms with Crippen LogP contribution in [0.5, 0.6) is 0 Å². The number of anilines is 1. The molecule has 118 valence electrons. The first-order valence-electron chi connectivity index (χ1n) is 6.62. The second kappa shape index (κ2) is 5.58. The Morgan fingerprint density at radius 1 is 1.22 bits per heavy atom. The number of hydrogen-bond donors (Lipinski definition) is 0. The number of amides is 1. The molecular weight excluding hydrogens is 330 g/mol. The van der Waals surface area contributed by atoms with Crippen LogP contribution in [0.1, 0.15) is 15.9 Å². The van der Waals surface area contributed by atoms with E-state index < -0.39 is 22.5 Å². The van der Waals surface area contributed by atoms with Gasteiger partial charge in [0.05, 0.1) is 21.2 Å². The van der Waals surface area contributed by atoms with Gasteiger partial charge in [0.15, 0.2) is 11.6 Å². The van der Waals surface area contributed by atoms with Crippen LogP contribution in [-0.4, -0.2) is 17.4 Å². The maximum Gasteiger partial charge on any atom is 0.271 e. The summed E-state index contributed by atoms with van der Waals surface area (Å²) in [6.45, 7) is 0.282. The van der Waals surface area contributed by atoms with E-state index in [1.54, 1.807) is 6.07 Å². The molecule has 0 aromatic heterocycles. The lowest BCUT2D eigenvalue weighted by molar-refractivity contribution is -0.384. The number of hydrogen-bond acceptors (Lipinski definition) is 3. The number of non-ortho nitro benzene ring substituents is 1. The average molecular weight is 339 g/mol. The predicted octanol–water partition coefficient (Wildman–Crippen LogP) is 3.73. The highest BCUT2D eigenvalue weighted by Crippen LogP contribution is 2.34. The first kappa shape index (κ1) is 15.4. The van der Waals surface area contributed by atoms with Gasteiger partial charge < -0.3 is 4.90 Å². The number of benzene rings is 2. The molecule has 0 bridgehead atoms. The van der Waals surface area contributed by atoms with Crippen LogP contribution in [0.15, 0.2) is 30.3 Å². The van der Waals surface area contributed by atoms with Crippen LogP contribution >= 0.6 is 11.6 Å². The number of nitro benzene ring substituents is 1. The molecule has 2 aromatic carbocycles. The molecule has 1 heterocycles. The number of carbonyl (C=O) groups excluding carboxylic acids is 1. The van der Waals surface area contributed by atoms with Crippen molar-refractivity contribution in [3.8, 4) is 0 Å². The summed E-state index contributed by atoms with van der Waals surface area (Å²) in [6.07, 6.45) is 0.514. The minimum absolute atomic E-state index is 0.153. The fourth-order valence-corrected chi connectivity index (χ4v) is 2.76. The maximum atomic E-state index is 13.4. The zero-order valence-corrected chi connectivity index (χ0v) is 12.3. The van der Waals surface area contributed by atoms with Crippen LogP contribution in [0.2, 0.25) is 5.02 Å². The quantitative estimate of drug-likeness (QED) is 0.476. The number of fused-ring (bicyclic) bond motifs is 1. The van der Waals surface area contributed by atoms with Gasteiger partial charge in [0.1, 0.15) is 0 Å². The van der Waals surface area contributed by atoms with Crippen LogP contribution < -0.4 is 4.90 Å². The van der Waals surface area contributed by atoms with Crippen molar-refractivity contribution in [2.24, 2.45) is 0 Å². The van der Waals surface area contributed by atoms with Crippen molar-refractivity contribution < 1.29 is 18.5 Å². The van der Waals surface area contributed by atoms with E-state index in [1.165, 1.54) is 17.0 Å². The topological polar surface area (TPSA) is 63.5 Å². The van der Waals surface area contributed by atoms with E-state index in [1.807, 2.05) is 0 Å². The van der Waals surface area contributed by atoms with Crippen LogP contribution in [-0.2, 0) is 6.42 Å². The lowest BCUT2D eigenvalue weighted by Gasteiger charge is -2.18. The molecule has 2 aromatic rings. The normalized spacial score (nSPS) is 13.1. The zero-order valence-electron chi connectivity index (χ0n) is 11.6. The summed E-state index contributed by atoms with van der Waals surface area (Å²) in [5.41, 5.74) is 0.803. The van der Waals surface area contributed by atoms with Crippen molar-refractivity contribution in [3.05, 3.63) is 68.2 Å². The van der Waals surface area contributed by atoms with E-state index in [0.29, 0.717) is 12.1 Å². The second-order valence-corrected chi connectivity index (χ2v) is 5.43. The molecule has 0 fully saturated rings. The summed E-state index contributed by atoms with van der Waals surface area (Å²) < 4.78 is 26.5. The van der Waals surface area contributed by atoms with Crippen molar-refractivity contribution in [2.45, 2.75) is 6.42 Å². The monoisotopic (exact) mass is 338 g/mol. The van der Waals surface area contributed by atoms with Crippen LogP contribution in [0.3, 0.4) is 0 Å². The largest absolute Gasteiger partial charge is 0.307 e. The Morgan fingerprint density at radius 3 is 2.61 bits per heavy atom. The van der Waals surface area contributed by atoms with Crippen LogP contribution in [0.4, 0.5) is 20.2 Å². The Morgan fingerprint density at radius 2 is 1.91 bits per heavy atom. The van der Waals surface area contributed by atoms with E-state index >= 15 is 0 Å². The molecule has 0 spiro atoms. The lowest BCUT2D eigenvalue weighted by Crippen LogP contribution is -2.29. The first-order valence-corrected chi connectivity index (χ1v) is 7.00. The number of nitro groups is 1. The fraction of sp³-hybridized carbons (Fsp3) is 0.133. The Bertz CT molecular complexity index is 842. The van der Waals surface area contributed by atoms with Gasteiger partial charge in [-0.3, -0.25) is 14.9 Å². The third-order valence-electron chi connectivity index (χ3n) is 3.66. The van der Waals surface area contributed by atoms with E-state index in [4.69, 9.17) is 11.6 Å². The van der Waals surface area contributed by atoms with Crippen molar-refractivity contribution in [1.29, 1.82) is 0 Å². The van der Waals surface area contributed by atoms with Gasteiger partial charge in [-0.2, -0.15) is 0 Å². The van der Waals surface area contributed by atoms with E-state index in [2.05, 4.69) is 0 Å². The van der Waals surface area contributed by atoms with Crippen molar-refractivity contribution in [2.75, 3.05) is 11.4 Å². The third kappa shape index (κ3) is 2.63. The number of rotatable bonds is 2. The SMILES string of the molecule is O=C(c1cc(F)c(F)cc1Cl)N1CCc2ccc([N+](=O)[O-])cc21. The van der Waals surface area contributed by atoms with Gasteiger partial charge in [-0.05, 0) is 24.1 Å². The molecule has 0 saturated heterocycles. The molecule has 0 saturated carbocycles. The molecule has 5 nitrogen and oxygen atoms in total. The molecule has 0 radical (unpaired) electrons. The Kier molecular flexibility index (Phi) is 3.73. The van der Waals surface area contributed by atoms with Gasteiger partial charge in [-0.25, -0.2) is 8.78 Å². The van der Waals surface area contributed by atoms with E-state index in [-0.39, 0.29) is 22.8 Å². The summed E-state index contributed by atoms with van der Waals surface area (Å²) in [7, 11) is 0. The molecule has 0 N–H and O–H groups in total. The average Bonchev–Trinajstić information content (AvgIpc) is 2.93. The first-order chi connectivity index (χ1) is 10.9. The molecule has 8 heteroatoms. The molecule has 23 heavy (non-hydrogen) atoms. The van der Waals surface area contributed by atoms with Gasteiger partial charge in [0.25, 0.3) is 11.6 Å². The van der Waals surface area contributed by atoms with Crippen LogP contribution in [0.25, 0.3) is 0 Å². The van der Waals surface area contributed by atoms with Crippen molar-refractivity contribution in [3.63, 3.8) is 0 Å². The summed E-state index contributed by atoms with van der Waals surface area (Å²) >= 11 is 5.82. The predicted molar refractivity (Wildman–Crippen MR) is 79.8 cm³/mol. The Labute approximate surface area is 134 Å². The van der Waals surface area contributed by atoms with Gasteiger partial charge in [-0.15, -0.1) is 0 Å². The molecule has 1 aliphatic rings. The summed E-state index contributed by atoms with van der Waals surface area (Å²) in [4.78, 5) is 24.1. The third-order valence-corrected chi connectivity index (χ3v) is 3.97. The molecule has 0 atom stereocenters. The zero-order chi connectivity index (χ0) is 16.7. The minimum atomic E-state index is -1.18. The highest BCUT2D eigenvalue weighted by atomic mass is 35.5. The summed E-state index contributed by atoms with van der Waals surface area (Å²) in [5, 5.41) is 10.7. The Balaban J connectivity index is 2.02. The summed E-state index contributed by atoms with van der Waals surface area (Å²) in [6, 6.07) is 5.68. The number of halogens is 3. The standard InChI is InChI=1S/C15H9ClF2N2O3/c16-11-7-13(18)12(17)6-10(11)15(21)19-4-3-8-1-2-9(20(22)23)5-14(8)19/h1-2,5-7H,3-4H2. The van der Waals surface area contributed by atoms with Gasteiger partial charge >= 0.3 is 0 Å². The highest BCUT2D eigenvalue weighted by Gasteiger charge is 2.29.